The number of hydrogen-bond donors (Lipinski definition) is 1. The fourth-order valence-electron chi connectivity index (χ4n) is 7.15. The van der Waals surface area contributed by atoms with Crippen LogP contribution >= 0.6 is 39.1 Å². The van der Waals surface area contributed by atoms with Crippen molar-refractivity contribution in [2.75, 3.05) is 10.4 Å². The van der Waals surface area contributed by atoms with E-state index in [4.69, 9.17) is 23.2 Å². The number of rotatable bonds is 3. The Morgan fingerprint density at radius 1 is 0.889 bits per heavy atom. The van der Waals surface area contributed by atoms with E-state index in [0.29, 0.717) is 17.0 Å². The van der Waals surface area contributed by atoms with Gasteiger partial charge in [-0.2, -0.15) is 26.3 Å². The van der Waals surface area contributed by atoms with Crippen molar-refractivity contribution in [3.63, 3.8) is 0 Å². The lowest BCUT2D eigenvalue weighted by molar-refractivity contribution is -0.143. The van der Waals surface area contributed by atoms with Crippen molar-refractivity contribution in [1.29, 1.82) is 0 Å². The molecule has 6 atom stereocenters. The third kappa shape index (κ3) is 4.38. The molecule has 16 heteroatoms. The number of phenols is 1. The van der Waals surface area contributed by atoms with Crippen LogP contribution in [0.25, 0.3) is 0 Å². The summed E-state index contributed by atoms with van der Waals surface area (Å²) in [4.78, 5) is 51.6. The van der Waals surface area contributed by atoms with Crippen molar-refractivity contribution in [2.24, 2.45) is 17.8 Å². The molecular formula is C29H19BrCl2F6N2O5. The zero-order valence-electron chi connectivity index (χ0n) is 22.4. The van der Waals surface area contributed by atoms with E-state index >= 15 is 0 Å². The number of amides is 4. The first kappa shape index (κ1) is 31.9. The zero-order valence-corrected chi connectivity index (χ0v) is 25.5. The minimum atomic E-state index is -5.23. The molecule has 2 heterocycles. The largest absolute Gasteiger partial charge is 0.508 e. The number of para-hydroxylation sites is 1. The van der Waals surface area contributed by atoms with E-state index < -0.39 is 92.6 Å². The van der Waals surface area contributed by atoms with Gasteiger partial charge in [-0.05, 0) is 43.0 Å². The quantitative estimate of drug-likeness (QED) is 0.130. The van der Waals surface area contributed by atoms with Gasteiger partial charge in [0, 0.05) is 11.5 Å². The Balaban J connectivity index is 1.51. The molecule has 0 radical (unpaired) electrons. The fraction of sp³-hybridized carbons (Fsp3) is 0.379. The summed E-state index contributed by atoms with van der Waals surface area (Å²) >= 11 is 17.2. The van der Waals surface area contributed by atoms with Crippen molar-refractivity contribution in [3.8, 4) is 5.75 Å². The Labute approximate surface area is 268 Å². The second-order valence-corrected chi connectivity index (χ2v) is 13.1. The van der Waals surface area contributed by atoms with Crippen LogP contribution in [0, 0.1) is 17.8 Å². The van der Waals surface area contributed by atoms with Gasteiger partial charge in [0.2, 0.25) is 11.8 Å². The molecule has 4 aliphatic rings. The number of halogens is 9. The number of phenolic OH excluding ortho intramolecular Hbond substituents is 1. The number of hydrogen-bond acceptors (Lipinski definition) is 5. The molecule has 2 aliphatic heterocycles. The van der Waals surface area contributed by atoms with Gasteiger partial charge in [-0.15, -0.1) is 23.2 Å². The van der Waals surface area contributed by atoms with Gasteiger partial charge in [0.05, 0.1) is 34.1 Å². The van der Waals surface area contributed by atoms with E-state index in [0.717, 1.165) is 4.90 Å². The van der Waals surface area contributed by atoms with Gasteiger partial charge >= 0.3 is 12.4 Å². The lowest BCUT2D eigenvalue weighted by Gasteiger charge is -2.50. The summed E-state index contributed by atoms with van der Waals surface area (Å²) in [5.41, 5.74) is -4.26. The zero-order chi connectivity index (χ0) is 33.0. The molecule has 45 heavy (non-hydrogen) atoms. The topological polar surface area (TPSA) is 95.0 Å². The standard InChI is InChI=1S/C29H19BrCl2F6N2O5/c30-11-39-24(44)26(31)10-18-15(21(27(26,32)25(39)45)16-3-1-2-4-19(16)41)5-6-17-20(18)23(43)40(22(17)42)14-8-12(28(33,34)35)7-13(9-14)29(36,37)38/h1-5,7-9,17-18,20-21,41H,6,10-11H2/t17-,18+,20-,21+,26+,27-/m0/s1. The summed E-state index contributed by atoms with van der Waals surface area (Å²) in [6.07, 6.45) is -9.61. The van der Waals surface area contributed by atoms with Crippen LogP contribution in [0.1, 0.15) is 35.4 Å². The second-order valence-electron chi connectivity index (χ2n) is 11.3. The Bertz CT molecular complexity index is 1680. The maximum absolute atomic E-state index is 14.0. The summed E-state index contributed by atoms with van der Waals surface area (Å²) in [5, 5.41) is 10.8. The predicted molar refractivity (Wildman–Crippen MR) is 150 cm³/mol. The minimum Gasteiger partial charge on any atom is -0.508 e. The van der Waals surface area contributed by atoms with E-state index in [2.05, 4.69) is 15.9 Å². The number of anilines is 1. The predicted octanol–water partition coefficient (Wildman–Crippen LogP) is 6.35. The lowest BCUT2D eigenvalue weighted by Crippen LogP contribution is -2.60. The van der Waals surface area contributed by atoms with E-state index in [1.807, 2.05) is 0 Å². The highest BCUT2D eigenvalue weighted by Gasteiger charge is 2.76. The number of nitrogens with zero attached hydrogens (tertiary/aromatic N) is 2. The maximum Gasteiger partial charge on any atom is 0.416 e. The number of fused-ring (bicyclic) bond motifs is 4. The van der Waals surface area contributed by atoms with E-state index in [1.54, 1.807) is 0 Å². The van der Waals surface area contributed by atoms with Crippen LogP contribution in [-0.2, 0) is 31.5 Å². The molecule has 1 saturated carbocycles. The van der Waals surface area contributed by atoms with E-state index in [9.17, 15) is 50.6 Å². The molecule has 2 aromatic carbocycles. The number of benzene rings is 2. The molecule has 4 amide bonds. The number of carbonyl (C=O) groups is 4. The van der Waals surface area contributed by atoms with Crippen molar-refractivity contribution >= 4 is 68.4 Å². The van der Waals surface area contributed by atoms with Crippen molar-refractivity contribution in [3.05, 3.63) is 70.8 Å². The van der Waals surface area contributed by atoms with Gasteiger partial charge in [-0.3, -0.25) is 24.1 Å². The van der Waals surface area contributed by atoms with Crippen LogP contribution in [0.3, 0.4) is 0 Å². The van der Waals surface area contributed by atoms with Crippen LogP contribution in [0.5, 0.6) is 5.75 Å². The molecule has 0 bridgehead atoms. The normalized spacial score (nSPS) is 31.6. The van der Waals surface area contributed by atoms with Gasteiger partial charge in [-0.1, -0.05) is 45.8 Å². The summed E-state index contributed by atoms with van der Waals surface area (Å²) < 4.78 is 81.7. The number of aromatic hydroxyl groups is 1. The highest BCUT2D eigenvalue weighted by molar-refractivity contribution is 9.09. The Morgan fingerprint density at radius 3 is 2.04 bits per heavy atom. The molecule has 2 aromatic rings. The minimum absolute atomic E-state index is 0.0887. The van der Waals surface area contributed by atoms with Gasteiger partial charge in [-0.25, -0.2) is 4.90 Å². The average Bonchev–Trinajstić information content (AvgIpc) is 3.30. The van der Waals surface area contributed by atoms with Crippen molar-refractivity contribution in [2.45, 2.75) is 40.9 Å². The van der Waals surface area contributed by atoms with Gasteiger partial charge in [0.25, 0.3) is 11.8 Å². The molecular weight excluding hydrogens is 721 g/mol. The van der Waals surface area contributed by atoms with Crippen molar-refractivity contribution in [1.82, 2.24) is 4.90 Å². The molecule has 6 rings (SSSR count). The number of alkyl halides is 9. The van der Waals surface area contributed by atoms with Gasteiger partial charge in [0.15, 0.2) is 9.75 Å². The highest BCUT2D eigenvalue weighted by atomic mass is 79.9. The molecule has 0 unspecified atom stereocenters. The summed E-state index contributed by atoms with van der Waals surface area (Å²) in [5.74, 6) is -9.27. The SMILES string of the molecule is O=C1[C@H]2[C@H](CC=C3[C@H]2C[C@@]2(Cl)C(=O)N(CBr)C(=O)[C@@]2(Cl)[C@H]3c2ccccc2O)C(=O)N1c1cc(C(F)(F)F)cc(C(F)(F)F)c1. The molecule has 3 fully saturated rings. The average molecular weight is 740 g/mol. The summed E-state index contributed by atoms with van der Waals surface area (Å²) in [6, 6.07) is 6.25. The monoisotopic (exact) mass is 738 g/mol. The highest BCUT2D eigenvalue weighted by Crippen LogP contribution is 2.66. The van der Waals surface area contributed by atoms with Crippen LogP contribution < -0.4 is 4.90 Å². The molecule has 1 N–H and O–H groups in total. The van der Waals surface area contributed by atoms with Gasteiger partial charge in [0.1, 0.15) is 5.75 Å². The first-order valence-corrected chi connectivity index (χ1v) is 15.2. The molecule has 238 valence electrons. The summed E-state index contributed by atoms with van der Waals surface area (Å²) in [6.45, 7) is 0. The third-order valence-corrected chi connectivity index (χ3v) is 11.0. The van der Waals surface area contributed by atoms with Crippen LogP contribution in [-0.4, -0.2) is 48.8 Å². The van der Waals surface area contributed by atoms with Crippen LogP contribution in [0.2, 0.25) is 0 Å². The lowest BCUT2D eigenvalue weighted by atomic mass is 9.56. The number of carbonyl (C=O) groups excluding carboxylic acids is 4. The number of likely N-dealkylation sites (tertiary alicyclic amines) is 1. The molecule has 0 spiro atoms. The molecule has 2 saturated heterocycles. The molecule has 7 nitrogen and oxygen atoms in total. The van der Waals surface area contributed by atoms with Crippen LogP contribution in [0.15, 0.2) is 54.1 Å². The Morgan fingerprint density at radius 2 is 1.49 bits per heavy atom. The van der Waals surface area contributed by atoms with E-state index in [-0.39, 0.29) is 34.8 Å². The fourth-order valence-corrected chi connectivity index (χ4v) is 8.57. The maximum atomic E-state index is 14.0. The summed E-state index contributed by atoms with van der Waals surface area (Å²) in [7, 11) is 0. The smallest absolute Gasteiger partial charge is 0.416 e. The molecule has 0 aromatic heterocycles. The van der Waals surface area contributed by atoms with Gasteiger partial charge < -0.3 is 5.11 Å². The van der Waals surface area contributed by atoms with Crippen molar-refractivity contribution < 1.29 is 50.6 Å². The Hall–Kier alpha value is -3.10. The number of allylic oxidation sites excluding steroid dienone is 2. The Kier molecular flexibility index (Phi) is 7.22. The van der Waals surface area contributed by atoms with Crippen LogP contribution in [0.4, 0.5) is 32.0 Å². The first-order chi connectivity index (χ1) is 20.9. The number of imide groups is 2. The van der Waals surface area contributed by atoms with E-state index in [1.165, 1.54) is 30.3 Å². The first-order valence-electron chi connectivity index (χ1n) is 13.3. The third-order valence-electron chi connectivity index (χ3n) is 9.09. The second kappa shape index (κ2) is 10.2. The molecule has 2 aliphatic carbocycles.